The number of allylic oxidation sites excluding steroid dienone is 1. The molecule has 1 rings (SSSR count). The molecular weight excluding hydrogens is 266 g/mol. The van der Waals surface area contributed by atoms with Crippen molar-refractivity contribution in [1.29, 1.82) is 0 Å². The van der Waals surface area contributed by atoms with Crippen molar-refractivity contribution in [2.45, 2.75) is 40.5 Å². The topological polar surface area (TPSA) is 80.4 Å². The standard InChI is InChI=1S/C13H21NO4S/c1-10-11(6-5-9-19(15,16)17)14-12(18-10)7-8-13(2,3)4/h7-8H,5-6,9H2,1-4H3,(H,15,16,17)/b8-7+. The molecule has 0 aliphatic carbocycles. The van der Waals surface area contributed by atoms with E-state index in [4.69, 9.17) is 8.97 Å². The first kappa shape index (κ1) is 15.9. The van der Waals surface area contributed by atoms with Gasteiger partial charge in [-0.1, -0.05) is 26.8 Å². The van der Waals surface area contributed by atoms with Crippen LogP contribution in [0.15, 0.2) is 10.5 Å². The van der Waals surface area contributed by atoms with E-state index < -0.39 is 10.1 Å². The highest BCUT2D eigenvalue weighted by atomic mass is 32.2. The fraction of sp³-hybridized carbons (Fsp3) is 0.615. The Hall–Kier alpha value is -1.14. The lowest BCUT2D eigenvalue weighted by Crippen LogP contribution is -2.05. The van der Waals surface area contributed by atoms with E-state index in [1.807, 2.05) is 12.2 Å². The van der Waals surface area contributed by atoms with Crippen molar-refractivity contribution < 1.29 is 17.4 Å². The Morgan fingerprint density at radius 3 is 2.53 bits per heavy atom. The molecule has 0 atom stereocenters. The van der Waals surface area contributed by atoms with Crippen molar-refractivity contribution in [2.24, 2.45) is 5.41 Å². The molecule has 0 saturated carbocycles. The van der Waals surface area contributed by atoms with Crippen LogP contribution in [0.2, 0.25) is 0 Å². The molecule has 0 fully saturated rings. The lowest BCUT2D eigenvalue weighted by molar-refractivity contribution is 0.480. The molecule has 0 amide bonds. The summed E-state index contributed by atoms with van der Waals surface area (Å²) in [5, 5.41) is 0. The van der Waals surface area contributed by atoms with Crippen molar-refractivity contribution in [3.05, 3.63) is 23.4 Å². The van der Waals surface area contributed by atoms with Crippen LogP contribution in [-0.4, -0.2) is 23.7 Å². The quantitative estimate of drug-likeness (QED) is 0.842. The summed E-state index contributed by atoms with van der Waals surface area (Å²) >= 11 is 0. The summed E-state index contributed by atoms with van der Waals surface area (Å²) in [6.45, 7) is 8.02. The molecule has 19 heavy (non-hydrogen) atoms. The van der Waals surface area contributed by atoms with Crippen molar-refractivity contribution in [2.75, 3.05) is 5.75 Å². The van der Waals surface area contributed by atoms with Gasteiger partial charge in [0.25, 0.3) is 10.1 Å². The highest BCUT2D eigenvalue weighted by Gasteiger charge is 2.11. The number of rotatable bonds is 5. The second-order valence-electron chi connectivity index (χ2n) is 5.64. The van der Waals surface area contributed by atoms with Gasteiger partial charge in [0.15, 0.2) is 0 Å². The molecule has 0 aliphatic heterocycles. The first-order valence-electron chi connectivity index (χ1n) is 6.17. The molecule has 6 heteroatoms. The van der Waals surface area contributed by atoms with Gasteiger partial charge in [-0.3, -0.25) is 4.55 Å². The van der Waals surface area contributed by atoms with Gasteiger partial charge < -0.3 is 4.42 Å². The number of nitrogens with zero attached hydrogens (tertiary/aromatic N) is 1. The third kappa shape index (κ3) is 6.54. The summed E-state index contributed by atoms with van der Waals surface area (Å²) in [7, 11) is -3.90. The molecule has 0 aliphatic rings. The van der Waals surface area contributed by atoms with E-state index in [2.05, 4.69) is 25.8 Å². The lowest BCUT2D eigenvalue weighted by Gasteiger charge is -2.09. The molecule has 108 valence electrons. The Morgan fingerprint density at radius 1 is 1.37 bits per heavy atom. The van der Waals surface area contributed by atoms with Crippen molar-refractivity contribution in [3.8, 4) is 0 Å². The predicted octanol–water partition coefficient (Wildman–Crippen LogP) is 2.86. The van der Waals surface area contributed by atoms with Crippen LogP contribution in [-0.2, 0) is 16.5 Å². The average molecular weight is 287 g/mol. The maximum Gasteiger partial charge on any atom is 0.264 e. The minimum atomic E-state index is -3.90. The Labute approximate surface area is 114 Å². The van der Waals surface area contributed by atoms with Gasteiger partial charge in [0.1, 0.15) is 5.76 Å². The largest absolute Gasteiger partial charge is 0.442 e. The van der Waals surface area contributed by atoms with E-state index >= 15 is 0 Å². The third-order valence-corrected chi connectivity index (χ3v) is 3.26. The second-order valence-corrected chi connectivity index (χ2v) is 7.22. The van der Waals surface area contributed by atoms with E-state index in [1.54, 1.807) is 6.92 Å². The fourth-order valence-corrected chi connectivity index (χ4v) is 2.01. The molecule has 1 aromatic heterocycles. The van der Waals surface area contributed by atoms with Crippen LogP contribution in [0, 0.1) is 12.3 Å². The normalized spacial score (nSPS) is 13.3. The maximum absolute atomic E-state index is 10.6. The maximum atomic E-state index is 10.6. The van der Waals surface area contributed by atoms with Crippen LogP contribution < -0.4 is 0 Å². The molecule has 1 heterocycles. The SMILES string of the molecule is Cc1oc(/C=C/C(C)(C)C)nc1CCCS(=O)(=O)O. The Bertz CT molecular complexity index is 550. The van der Waals surface area contributed by atoms with E-state index in [9.17, 15) is 8.42 Å². The average Bonchev–Trinajstić information content (AvgIpc) is 2.54. The van der Waals surface area contributed by atoms with Gasteiger partial charge >= 0.3 is 0 Å². The summed E-state index contributed by atoms with van der Waals surface area (Å²) in [6, 6.07) is 0. The summed E-state index contributed by atoms with van der Waals surface area (Å²) in [5.41, 5.74) is 0.783. The van der Waals surface area contributed by atoms with Crippen LogP contribution in [0.5, 0.6) is 0 Å². The van der Waals surface area contributed by atoms with E-state index in [-0.39, 0.29) is 11.2 Å². The smallest absolute Gasteiger partial charge is 0.264 e. The molecular formula is C13H21NO4S. The van der Waals surface area contributed by atoms with Gasteiger partial charge in [-0.05, 0) is 31.3 Å². The molecule has 1 N–H and O–H groups in total. The van der Waals surface area contributed by atoms with E-state index in [1.165, 1.54) is 0 Å². The number of aryl methyl sites for hydroxylation is 2. The molecule has 0 spiro atoms. The second kappa shape index (κ2) is 5.88. The number of hydrogen-bond acceptors (Lipinski definition) is 4. The van der Waals surface area contributed by atoms with E-state index in [0.29, 0.717) is 24.5 Å². The van der Waals surface area contributed by atoms with Crippen LogP contribution in [0.1, 0.15) is 44.5 Å². The van der Waals surface area contributed by atoms with Crippen molar-refractivity contribution in [1.82, 2.24) is 4.98 Å². The number of oxazole rings is 1. The highest BCUT2D eigenvalue weighted by Crippen LogP contribution is 2.19. The molecule has 0 radical (unpaired) electrons. The Balaban J connectivity index is 2.67. The Kier molecular flexibility index (Phi) is 4.92. The summed E-state index contributed by atoms with van der Waals surface area (Å²) in [5.74, 6) is 0.949. The number of hydrogen-bond donors (Lipinski definition) is 1. The van der Waals surface area contributed by atoms with Crippen LogP contribution in [0.25, 0.3) is 6.08 Å². The molecule has 0 bridgehead atoms. The zero-order chi connectivity index (χ0) is 14.7. The van der Waals surface area contributed by atoms with Crippen LogP contribution in [0.3, 0.4) is 0 Å². The van der Waals surface area contributed by atoms with Gasteiger partial charge in [0, 0.05) is 0 Å². The summed E-state index contributed by atoms with van der Waals surface area (Å²) in [6.07, 6.45) is 4.62. The predicted molar refractivity (Wildman–Crippen MR) is 74.5 cm³/mol. The molecule has 0 unspecified atom stereocenters. The third-order valence-electron chi connectivity index (χ3n) is 2.45. The molecule has 0 saturated heterocycles. The van der Waals surface area contributed by atoms with Crippen molar-refractivity contribution >= 4 is 16.2 Å². The summed E-state index contributed by atoms with van der Waals surface area (Å²) in [4.78, 5) is 4.30. The molecule has 1 aromatic rings. The minimum absolute atomic E-state index is 0.0491. The fourth-order valence-electron chi connectivity index (χ4n) is 1.50. The molecule has 0 aromatic carbocycles. The van der Waals surface area contributed by atoms with Gasteiger partial charge in [-0.2, -0.15) is 8.42 Å². The van der Waals surface area contributed by atoms with Gasteiger partial charge in [-0.25, -0.2) is 4.98 Å². The first-order valence-corrected chi connectivity index (χ1v) is 7.78. The van der Waals surface area contributed by atoms with Crippen LogP contribution >= 0.6 is 0 Å². The minimum Gasteiger partial charge on any atom is -0.442 e. The van der Waals surface area contributed by atoms with Crippen LogP contribution in [0.4, 0.5) is 0 Å². The zero-order valence-electron chi connectivity index (χ0n) is 11.8. The van der Waals surface area contributed by atoms with Gasteiger partial charge in [-0.15, -0.1) is 0 Å². The number of aromatic nitrogens is 1. The Morgan fingerprint density at radius 2 is 2.00 bits per heavy atom. The van der Waals surface area contributed by atoms with Crippen molar-refractivity contribution in [3.63, 3.8) is 0 Å². The lowest BCUT2D eigenvalue weighted by atomic mass is 9.96. The monoisotopic (exact) mass is 287 g/mol. The van der Waals surface area contributed by atoms with E-state index in [0.717, 1.165) is 5.69 Å². The first-order chi connectivity index (χ1) is 8.57. The zero-order valence-corrected chi connectivity index (χ0v) is 12.6. The molecule has 5 nitrogen and oxygen atoms in total. The van der Waals surface area contributed by atoms with Gasteiger partial charge in [0.05, 0.1) is 11.4 Å². The van der Waals surface area contributed by atoms with Gasteiger partial charge in [0.2, 0.25) is 5.89 Å². The summed E-state index contributed by atoms with van der Waals surface area (Å²) < 4.78 is 35.4. The highest BCUT2D eigenvalue weighted by molar-refractivity contribution is 7.85.